The summed E-state index contributed by atoms with van der Waals surface area (Å²) in [6, 6.07) is 10.8. The van der Waals surface area contributed by atoms with E-state index in [9.17, 15) is 24.9 Å². The van der Waals surface area contributed by atoms with Gasteiger partial charge < -0.3 is 25.0 Å². The van der Waals surface area contributed by atoms with Crippen molar-refractivity contribution in [1.29, 1.82) is 5.26 Å². The molecular formula is C23H32BN3O5. The Balaban J connectivity index is 1.99. The minimum atomic E-state index is -1.75. The number of benzene rings is 1. The number of amides is 2. The number of nitriles is 1. The first-order valence-corrected chi connectivity index (χ1v) is 10.9. The summed E-state index contributed by atoms with van der Waals surface area (Å²) in [5.41, 5.74) is 0.603. The standard InChI is InChI=1S/C23H32BN3O5/c1-23(2,3)14-18(15-25)21(28)27-12-8-7-11-19(27)16-32-22(29)26-20(24(30)31)13-17-9-5-4-6-10-17/h4-6,9-10,14,19-20,30-31H,7-8,11-13,16H2,1-3H3,(H,26,29)/t19-,20?/m1/s1. The molecule has 8 nitrogen and oxygen atoms in total. The van der Waals surface area contributed by atoms with Gasteiger partial charge in [-0.2, -0.15) is 5.26 Å². The molecule has 1 aliphatic rings. The summed E-state index contributed by atoms with van der Waals surface area (Å²) in [6.45, 7) is 6.20. The third kappa shape index (κ3) is 8.02. The number of carbonyl (C=O) groups is 2. The van der Waals surface area contributed by atoms with Crippen LogP contribution in [0.15, 0.2) is 42.0 Å². The highest BCUT2D eigenvalue weighted by molar-refractivity contribution is 6.43. The van der Waals surface area contributed by atoms with Crippen LogP contribution in [0, 0.1) is 16.7 Å². The number of rotatable bonds is 7. The van der Waals surface area contributed by atoms with E-state index in [1.54, 1.807) is 11.0 Å². The molecule has 1 aromatic rings. The summed E-state index contributed by atoms with van der Waals surface area (Å²) in [4.78, 5) is 26.9. The maximum Gasteiger partial charge on any atom is 0.475 e. The molecule has 1 heterocycles. The van der Waals surface area contributed by atoms with Crippen molar-refractivity contribution in [2.45, 2.75) is 58.4 Å². The molecule has 2 atom stereocenters. The van der Waals surface area contributed by atoms with Crippen molar-refractivity contribution in [1.82, 2.24) is 10.2 Å². The zero-order valence-electron chi connectivity index (χ0n) is 19.0. The predicted molar refractivity (Wildman–Crippen MR) is 121 cm³/mol. The number of carbonyl (C=O) groups excluding carboxylic acids is 2. The van der Waals surface area contributed by atoms with Gasteiger partial charge in [-0.05, 0) is 36.7 Å². The molecule has 0 aromatic heterocycles. The molecule has 1 aliphatic heterocycles. The molecule has 1 saturated heterocycles. The molecule has 1 aromatic carbocycles. The van der Waals surface area contributed by atoms with Crippen molar-refractivity contribution in [3.05, 3.63) is 47.5 Å². The fourth-order valence-electron chi connectivity index (χ4n) is 3.63. The Kier molecular flexibility index (Phi) is 9.30. The van der Waals surface area contributed by atoms with Crippen molar-refractivity contribution < 1.29 is 24.4 Å². The van der Waals surface area contributed by atoms with Gasteiger partial charge in [0.2, 0.25) is 0 Å². The van der Waals surface area contributed by atoms with Gasteiger partial charge in [0.05, 0.1) is 12.0 Å². The van der Waals surface area contributed by atoms with Crippen LogP contribution in [0.3, 0.4) is 0 Å². The number of alkyl carbamates (subject to hydrolysis) is 1. The lowest BCUT2D eigenvalue weighted by atomic mass is 9.76. The molecule has 0 spiro atoms. The van der Waals surface area contributed by atoms with Gasteiger partial charge in [0.1, 0.15) is 18.2 Å². The molecule has 2 amide bonds. The van der Waals surface area contributed by atoms with Crippen LogP contribution in [0.1, 0.15) is 45.6 Å². The Bertz CT molecular complexity index is 845. The van der Waals surface area contributed by atoms with Gasteiger partial charge in [-0.3, -0.25) is 4.79 Å². The van der Waals surface area contributed by atoms with Crippen molar-refractivity contribution in [3.8, 4) is 6.07 Å². The maximum absolute atomic E-state index is 12.9. The van der Waals surface area contributed by atoms with Crippen LogP contribution >= 0.6 is 0 Å². The first-order valence-electron chi connectivity index (χ1n) is 10.9. The van der Waals surface area contributed by atoms with Gasteiger partial charge in [0.25, 0.3) is 5.91 Å². The monoisotopic (exact) mass is 441 g/mol. The average molecular weight is 441 g/mol. The number of likely N-dealkylation sites (tertiary alicyclic amines) is 1. The van der Waals surface area contributed by atoms with Gasteiger partial charge in [-0.15, -0.1) is 0 Å². The van der Waals surface area contributed by atoms with Crippen molar-refractivity contribution in [2.24, 2.45) is 5.41 Å². The van der Waals surface area contributed by atoms with Gasteiger partial charge in [-0.1, -0.05) is 57.2 Å². The fraction of sp³-hybridized carbons (Fsp3) is 0.522. The molecule has 1 unspecified atom stereocenters. The van der Waals surface area contributed by atoms with Crippen molar-refractivity contribution in [2.75, 3.05) is 13.2 Å². The second-order valence-corrected chi connectivity index (χ2v) is 9.14. The molecule has 0 saturated carbocycles. The molecule has 32 heavy (non-hydrogen) atoms. The third-order valence-corrected chi connectivity index (χ3v) is 5.18. The van der Waals surface area contributed by atoms with E-state index in [2.05, 4.69) is 5.32 Å². The van der Waals surface area contributed by atoms with E-state index < -0.39 is 19.2 Å². The summed E-state index contributed by atoms with van der Waals surface area (Å²) in [7, 11) is -1.75. The zero-order chi connectivity index (χ0) is 23.7. The van der Waals surface area contributed by atoms with Crippen molar-refractivity contribution in [3.63, 3.8) is 0 Å². The minimum Gasteiger partial charge on any atom is -0.447 e. The highest BCUT2D eigenvalue weighted by Crippen LogP contribution is 2.23. The molecule has 3 N–H and O–H groups in total. The molecule has 9 heteroatoms. The molecule has 0 bridgehead atoms. The predicted octanol–water partition coefficient (Wildman–Crippen LogP) is 2.21. The number of hydrogen-bond donors (Lipinski definition) is 3. The highest BCUT2D eigenvalue weighted by atomic mass is 16.5. The van der Waals surface area contributed by atoms with Crippen LogP contribution < -0.4 is 5.32 Å². The number of piperidine rings is 1. The lowest BCUT2D eigenvalue weighted by Gasteiger charge is -2.35. The first kappa shape index (κ1) is 25.4. The molecule has 1 fully saturated rings. The second-order valence-electron chi connectivity index (χ2n) is 9.14. The largest absolute Gasteiger partial charge is 0.475 e. The Morgan fingerprint density at radius 3 is 2.59 bits per heavy atom. The molecule has 0 aliphatic carbocycles. The van der Waals surface area contributed by atoms with Gasteiger partial charge in [-0.25, -0.2) is 4.79 Å². The van der Waals surface area contributed by atoms with Crippen LogP contribution in [0.2, 0.25) is 0 Å². The Morgan fingerprint density at radius 1 is 1.31 bits per heavy atom. The number of nitrogens with zero attached hydrogens (tertiary/aromatic N) is 2. The summed E-state index contributed by atoms with van der Waals surface area (Å²) >= 11 is 0. The summed E-state index contributed by atoms with van der Waals surface area (Å²) in [5.74, 6) is -1.29. The normalized spacial score (nSPS) is 17.8. The van der Waals surface area contributed by atoms with Crippen LogP contribution in [-0.4, -0.2) is 59.2 Å². The van der Waals surface area contributed by atoms with E-state index in [1.165, 1.54) is 0 Å². The zero-order valence-corrected chi connectivity index (χ0v) is 19.0. The highest BCUT2D eigenvalue weighted by Gasteiger charge is 2.31. The van der Waals surface area contributed by atoms with E-state index in [0.29, 0.717) is 13.0 Å². The Morgan fingerprint density at radius 2 is 2.00 bits per heavy atom. The number of ether oxygens (including phenoxy) is 1. The molecule has 0 radical (unpaired) electrons. The molecule has 172 valence electrons. The number of hydrogen-bond acceptors (Lipinski definition) is 6. The molecular weight excluding hydrogens is 409 g/mol. The fourth-order valence-corrected chi connectivity index (χ4v) is 3.63. The van der Waals surface area contributed by atoms with E-state index in [0.717, 1.165) is 18.4 Å². The van der Waals surface area contributed by atoms with Crippen LogP contribution in [0.5, 0.6) is 0 Å². The number of nitrogens with one attached hydrogen (secondary N) is 1. The minimum absolute atomic E-state index is 0.0363. The average Bonchev–Trinajstić information content (AvgIpc) is 2.75. The van der Waals surface area contributed by atoms with E-state index in [-0.39, 0.29) is 36.0 Å². The quantitative estimate of drug-likeness (QED) is 0.339. The Labute approximate surface area is 190 Å². The lowest BCUT2D eigenvalue weighted by molar-refractivity contribution is -0.131. The van der Waals surface area contributed by atoms with Crippen molar-refractivity contribution >= 4 is 19.1 Å². The second kappa shape index (κ2) is 11.7. The SMILES string of the molecule is CC(C)(C)C=C(C#N)C(=O)N1CCCC[C@@H]1COC(=O)NC(Cc1ccccc1)B(O)O. The summed E-state index contributed by atoms with van der Waals surface area (Å²) in [5, 5.41) is 31.2. The van der Waals surface area contributed by atoms with E-state index >= 15 is 0 Å². The van der Waals surface area contributed by atoms with Crippen LogP contribution in [0.25, 0.3) is 0 Å². The third-order valence-electron chi connectivity index (χ3n) is 5.18. The smallest absolute Gasteiger partial charge is 0.447 e. The summed E-state index contributed by atoms with van der Waals surface area (Å²) in [6.07, 6.45) is 3.46. The lowest BCUT2D eigenvalue weighted by Crippen LogP contribution is -2.50. The van der Waals surface area contributed by atoms with Crippen LogP contribution in [-0.2, 0) is 16.0 Å². The topological polar surface area (TPSA) is 123 Å². The first-order chi connectivity index (χ1) is 15.1. The van der Waals surface area contributed by atoms with Gasteiger partial charge >= 0.3 is 13.2 Å². The summed E-state index contributed by atoms with van der Waals surface area (Å²) < 4.78 is 5.33. The number of allylic oxidation sites excluding steroid dienone is 1. The Hall–Kier alpha value is -2.83. The van der Waals surface area contributed by atoms with E-state index in [1.807, 2.05) is 57.2 Å². The maximum atomic E-state index is 12.9. The molecule has 2 rings (SSSR count). The van der Waals surface area contributed by atoms with Gasteiger partial charge in [0, 0.05) is 6.54 Å². The van der Waals surface area contributed by atoms with Gasteiger partial charge in [0.15, 0.2) is 0 Å². The van der Waals surface area contributed by atoms with Crippen LogP contribution in [0.4, 0.5) is 4.79 Å². The van der Waals surface area contributed by atoms with E-state index in [4.69, 9.17) is 4.74 Å².